The van der Waals surface area contributed by atoms with E-state index < -0.39 is 0 Å². The highest BCUT2D eigenvalue weighted by molar-refractivity contribution is 9.10. The monoisotopic (exact) mass is 365 g/mol. The van der Waals surface area contributed by atoms with Crippen molar-refractivity contribution in [1.29, 1.82) is 0 Å². The summed E-state index contributed by atoms with van der Waals surface area (Å²) < 4.78 is 1.00. The molecule has 2 rings (SSSR count). The topological polar surface area (TPSA) is 12.0 Å². The molecule has 21 heavy (non-hydrogen) atoms. The van der Waals surface area contributed by atoms with Crippen LogP contribution < -0.4 is 5.32 Å². The molecule has 0 aliphatic heterocycles. The Bertz CT molecular complexity index is 580. The van der Waals surface area contributed by atoms with Gasteiger partial charge in [-0.05, 0) is 48.7 Å². The summed E-state index contributed by atoms with van der Waals surface area (Å²) in [5, 5.41) is 4.13. The van der Waals surface area contributed by atoms with Crippen LogP contribution in [0.5, 0.6) is 0 Å². The van der Waals surface area contributed by atoms with Gasteiger partial charge in [0, 0.05) is 9.50 Å². The van der Waals surface area contributed by atoms with Gasteiger partial charge in [0.2, 0.25) is 0 Å². The average molecular weight is 367 g/mol. The van der Waals surface area contributed by atoms with Gasteiger partial charge in [0.25, 0.3) is 0 Å². The minimum atomic E-state index is 0.117. The van der Waals surface area contributed by atoms with E-state index in [1.807, 2.05) is 19.2 Å². The molecule has 2 aromatic rings. The quantitative estimate of drug-likeness (QED) is 0.686. The minimum absolute atomic E-state index is 0.117. The van der Waals surface area contributed by atoms with Crippen LogP contribution in [0.25, 0.3) is 0 Å². The van der Waals surface area contributed by atoms with Gasteiger partial charge < -0.3 is 5.32 Å². The highest BCUT2D eigenvalue weighted by Gasteiger charge is 2.15. The summed E-state index contributed by atoms with van der Waals surface area (Å²) >= 11 is 9.83. The van der Waals surface area contributed by atoms with E-state index in [4.69, 9.17) is 11.6 Å². The molecule has 0 bridgehead atoms. The van der Waals surface area contributed by atoms with E-state index in [1.54, 1.807) is 0 Å². The van der Waals surface area contributed by atoms with Gasteiger partial charge in [0.1, 0.15) is 0 Å². The molecule has 0 saturated carbocycles. The van der Waals surface area contributed by atoms with Crippen LogP contribution in [0, 0.1) is 0 Å². The SMILES string of the molecule is CCCCc1ccc(C(NC)c2ccc(Br)cc2Cl)cc1. The van der Waals surface area contributed by atoms with E-state index in [2.05, 4.69) is 58.5 Å². The van der Waals surface area contributed by atoms with Crippen LogP contribution >= 0.6 is 27.5 Å². The molecule has 0 saturated heterocycles. The lowest BCUT2D eigenvalue weighted by molar-refractivity contribution is 0.691. The number of nitrogens with one attached hydrogen (secondary N) is 1. The van der Waals surface area contributed by atoms with Gasteiger partial charge >= 0.3 is 0 Å². The standard InChI is InChI=1S/C18H21BrClN/c1-3-4-5-13-6-8-14(9-7-13)18(21-2)16-11-10-15(19)12-17(16)20/h6-12,18,21H,3-5H2,1-2H3. The highest BCUT2D eigenvalue weighted by atomic mass is 79.9. The molecule has 112 valence electrons. The molecule has 0 aliphatic rings. The Morgan fingerprint density at radius 3 is 2.43 bits per heavy atom. The number of hydrogen-bond acceptors (Lipinski definition) is 1. The normalized spacial score (nSPS) is 12.4. The van der Waals surface area contributed by atoms with E-state index in [-0.39, 0.29) is 6.04 Å². The summed E-state index contributed by atoms with van der Waals surface area (Å²) in [6, 6.07) is 15.0. The van der Waals surface area contributed by atoms with Crippen molar-refractivity contribution in [3.05, 3.63) is 68.7 Å². The van der Waals surface area contributed by atoms with Gasteiger partial charge in [0.15, 0.2) is 0 Å². The number of rotatable bonds is 6. The number of benzene rings is 2. The van der Waals surface area contributed by atoms with Crippen molar-refractivity contribution in [2.75, 3.05) is 7.05 Å². The fourth-order valence-corrected chi connectivity index (χ4v) is 3.28. The zero-order chi connectivity index (χ0) is 15.2. The maximum atomic E-state index is 6.38. The number of halogens is 2. The predicted molar refractivity (Wildman–Crippen MR) is 95.1 cm³/mol. The zero-order valence-corrected chi connectivity index (χ0v) is 14.8. The summed E-state index contributed by atoms with van der Waals surface area (Å²) in [4.78, 5) is 0. The zero-order valence-electron chi connectivity index (χ0n) is 12.5. The van der Waals surface area contributed by atoms with Crippen molar-refractivity contribution in [2.24, 2.45) is 0 Å². The molecular formula is C18H21BrClN. The lowest BCUT2D eigenvalue weighted by atomic mass is 9.97. The van der Waals surface area contributed by atoms with Gasteiger partial charge in [-0.25, -0.2) is 0 Å². The molecule has 1 nitrogen and oxygen atoms in total. The second-order valence-electron chi connectivity index (χ2n) is 5.23. The van der Waals surface area contributed by atoms with Gasteiger partial charge in [-0.3, -0.25) is 0 Å². The van der Waals surface area contributed by atoms with E-state index in [1.165, 1.54) is 24.0 Å². The molecular weight excluding hydrogens is 346 g/mol. The second-order valence-corrected chi connectivity index (χ2v) is 6.56. The lowest BCUT2D eigenvalue weighted by Crippen LogP contribution is -2.18. The average Bonchev–Trinajstić information content (AvgIpc) is 2.49. The van der Waals surface area contributed by atoms with E-state index in [9.17, 15) is 0 Å². The summed E-state index contributed by atoms with van der Waals surface area (Å²) in [6.07, 6.45) is 3.63. The molecule has 1 N–H and O–H groups in total. The Morgan fingerprint density at radius 1 is 1.14 bits per heavy atom. The fourth-order valence-electron chi connectivity index (χ4n) is 2.49. The summed E-state index contributed by atoms with van der Waals surface area (Å²) in [5.41, 5.74) is 3.74. The Kier molecular flexibility index (Phi) is 6.28. The van der Waals surface area contributed by atoms with Crippen LogP contribution in [0.15, 0.2) is 46.9 Å². The molecule has 0 spiro atoms. The summed E-state index contributed by atoms with van der Waals surface area (Å²) in [5.74, 6) is 0. The molecule has 2 aromatic carbocycles. The lowest BCUT2D eigenvalue weighted by Gasteiger charge is -2.19. The van der Waals surface area contributed by atoms with E-state index in [0.717, 1.165) is 21.5 Å². The molecule has 3 heteroatoms. The molecule has 0 aromatic heterocycles. The number of hydrogen-bond donors (Lipinski definition) is 1. The van der Waals surface area contributed by atoms with Crippen LogP contribution in [-0.4, -0.2) is 7.05 Å². The third-order valence-corrected chi connectivity index (χ3v) is 4.51. The Labute approximate surface area is 140 Å². The van der Waals surface area contributed by atoms with Gasteiger partial charge in [0.05, 0.1) is 6.04 Å². The molecule has 0 radical (unpaired) electrons. The van der Waals surface area contributed by atoms with Crippen molar-refractivity contribution >= 4 is 27.5 Å². The van der Waals surface area contributed by atoms with E-state index in [0.29, 0.717) is 0 Å². The Balaban J connectivity index is 2.24. The number of aryl methyl sites for hydroxylation is 1. The van der Waals surface area contributed by atoms with Crippen molar-refractivity contribution < 1.29 is 0 Å². The van der Waals surface area contributed by atoms with Crippen molar-refractivity contribution in [3.63, 3.8) is 0 Å². The van der Waals surface area contributed by atoms with Crippen LogP contribution in [0.2, 0.25) is 5.02 Å². The van der Waals surface area contributed by atoms with Gasteiger partial charge in [-0.2, -0.15) is 0 Å². The first-order valence-corrected chi connectivity index (χ1v) is 8.54. The van der Waals surface area contributed by atoms with Crippen LogP contribution in [0.3, 0.4) is 0 Å². The van der Waals surface area contributed by atoms with Crippen molar-refractivity contribution in [1.82, 2.24) is 5.32 Å². The fraction of sp³-hybridized carbons (Fsp3) is 0.333. The predicted octanol–water partition coefficient (Wildman–Crippen LogP) is 5.75. The first-order chi connectivity index (χ1) is 10.2. The van der Waals surface area contributed by atoms with Crippen molar-refractivity contribution in [3.8, 4) is 0 Å². The molecule has 0 heterocycles. The number of unbranched alkanes of at least 4 members (excludes halogenated alkanes) is 1. The maximum Gasteiger partial charge on any atom is 0.0589 e. The third kappa shape index (κ3) is 4.32. The molecule has 1 atom stereocenters. The van der Waals surface area contributed by atoms with Crippen LogP contribution in [-0.2, 0) is 6.42 Å². The highest BCUT2D eigenvalue weighted by Crippen LogP contribution is 2.30. The second kappa shape index (κ2) is 7.98. The van der Waals surface area contributed by atoms with E-state index >= 15 is 0 Å². The molecule has 0 aliphatic carbocycles. The Morgan fingerprint density at radius 2 is 1.86 bits per heavy atom. The Hall–Kier alpha value is -0.830. The van der Waals surface area contributed by atoms with Crippen molar-refractivity contribution in [2.45, 2.75) is 32.2 Å². The molecule has 0 fully saturated rings. The molecule has 0 amide bonds. The van der Waals surface area contributed by atoms with Crippen LogP contribution in [0.1, 0.15) is 42.5 Å². The first-order valence-electron chi connectivity index (χ1n) is 7.36. The third-order valence-electron chi connectivity index (χ3n) is 3.69. The smallest absolute Gasteiger partial charge is 0.0589 e. The first kappa shape index (κ1) is 16.5. The summed E-state index contributed by atoms with van der Waals surface area (Å²) in [7, 11) is 1.97. The minimum Gasteiger partial charge on any atom is -0.309 e. The van der Waals surface area contributed by atoms with Gasteiger partial charge in [-0.1, -0.05) is 71.2 Å². The summed E-state index contributed by atoms with van der Waals surface area (Å²) in [6.45, 7) is 2.22. The van der Waals surface area contributed by atoms with Crippen LogP contribution in [0.4, 0.5) is 0 Å². The molecule has 1 unspecified atom stereocenters. The van der Waals surface area contributed by atoms with Gasteiger partial charge in [-0.15, -0.1) is 0 Å². The largest absolute Gasteiger partial charge is 0.309 e. The maximum absolute atomic E-state index is 6.38.